The Morgan fingerprint density at radius 2 is 1.70 bits per heavy atom. The van der Waals surface area contributed by atoms with Crippen LogP contribution in [0.15, 0.2) is 59.6 Å². The quantitative estimate of drug-likeness (QED) is 0.637. The van der Waals surface area contributed by atoms with Crippen LogP contribution in [-0.2, 0) is 16.6 Å². The summed E-state index contributed by atoms with van der Waals surface area (Å²) in [4.78, 5) is 0.0549. The molecule has 2 aliphatic heterocycles. The summed E-state index contributed by atoms with van der Waals surface area (Å²) < 4.78 is 68.9. The molecule has 0 unspecified atom stereocenters. The average Bonchev–Trinajstić information content (AvgIpc) is 3.23. The minimum atomic E-state index is -3.97. The fourth-order valence-corrected chi connectivity index (χ4v) is 5.56. The fourth-order valence-electron chi connectivity index (χ4n) is 3.96. The highest BCUT2D eigenvalue weighted by atomic mass is 32.2. The Morgan fingerprint density at radius 1 is 0.900 bits per heavy atom. The SMILES string of the molecule is O=S(=O)(c1ccc2c(c1)OCCO2)N1CCn2cccc2[C@H]1c1ccc(F)c(F)c1. The van der Waals surface area contributed by atoms with Gasteiger partial charge in [0.2, 0.25) is 10.0 Å². The lowest BCUT2D eigenvalue weighted by molar-refractivity contribution is 0.171. The predicted octanol–water partition coefficient (Wildman–Crippen LogP) is 3.33. The van der Waals surface area contributed by atoms with E-state index >= 15 is 0 Å². The lowest BCUT2D eigenvalue weighted by atomic mass is 10.0. The van der Waals surface area contributed by atoms with Gasteiger partial charge >= 0.3 is 0 Å². The number of hydrogen-bond acceptors (Lipinski definition) is 4. The number of halogens is 2. The van der Waals surface area contributed by atoms with Crippen molar-refractivity contribution in [2.24, 2.45) is 0 Å². The number of hydrogen-bond donors (Lipinski definition) is 0. The first kappa shape index (κ1) is 19.1. The van der Waals surface area contributed by atoms with E-state index in [9.17, 15) is 17.2 Å². The Labute approximate surface area is 172 Å². The summed E-state index contributed by atoms with van der Waals surface area (Å²) in [5.41, 5.74) is 1.04. The summed E-state index contributed by atoms with van der Waals surface area (Å²) >= 11 is 0. The van der Waals surface area contributed by atoms with Gasteiger partial charge in [0.1, 0.15) is 13.2 Å². The van der Waals surface area contributed by atoms with Gasteiger partial charge in [-0.3, -0.25) is 0 Å². The zero-order valence-corrected chi connectivity index (χ0v) is 16.6. The van der Waals surface area contributed by atoms with Gasteiger partial charge in [0.25, 0.3) is 0 Å². The molecule has 0 N–H and O–H groups in total. The van der Waals surface area contributed by atoms with E-state index < -0.39 is 27.7 Å². The Kier molecular flexibility index (Phi) is 4.52. The standard InChI is InChI=1S/C21H18F2N2O4S/c22-16-5-3-14(12-17(16)23)21-18-2-1-7-24(18)8-9-25(21)30(26,27)15-4-6-19-20(13-15)29-11-10-28-19/h1-7,12-13,21H,8-11H2/t21-/m1/s1. The van der Waals surface area contributed by atoms with Crippen molar-refractivity contribution in [3.8, 4) is 11.5 Å². The van der Waals surface area contributed by atoms with E-state index in [1.165, 1.54) is 22.5 Å². The van der Waals surface area contributed by atoms with Crippen molar-refractivity contribution >= 4 is 10.0 Å². The van der Waals surface area contributed by atoms with Gasteiger partial charge in [-0.25, -0.2) is 17.2 Å². The molecule has 1 atom stereocenters. The summed E-state index contributed by atoms with van der Waals surface area (Å²) in [6.45, 7) is 1.38. The molecule has 0 saturated heterocycles. The lowest BCUT2D eigenvalue weighted by Gasteiger charge is -2.36. The molecular weight excluding hydrogens is 414 g/mol. The van der Waals surface area contributed by atoms with Gasteiger partial charge in [-0.05, 0) is 42.0 Å². The highest BCUT2D eigenvalue weighted by molar-refractivity contribution is 7.89. The van der Waals surface area contributed by atoms with Crippen LogP contribution in [0.2, 0.25) is 0 Å². The summed E-state index contributed by atoms with van der Waals surface area (Å²) in [5.74, 6) is -1.14. The third-order valence-electron chi connectivity index (χ3n) is 5.37. The molecule has 3 aromatic rings. The van der Waals surface area contributed by atoms with E-state index in [4.69, 9.17) is 9.47 Å². The van der Waals surface area contributed by atoms with Crippen molar-refractivity contribution in [2.45, 2.75) is 17.5 Å². The molecule has 0 aliphatic carbocycles. The van der Waals surface area contributed by atoms with Gasteiger partial charge in [-0.15, -0.1) is 0 Å². The number of aromatic nitrogens is 1. The van der Waals surface area contributed by atoms with Gasteiger partial charge in [0, 0.05) is 31.0 Å². The highest BCUT2D eigenvalue weighted by Gasteiger charge is 2.38. The number of ether oxygens (including phenoxy) is 2. The van der Waals surface area contributed by atoms with Crippen molar-refractivity contribution in [2.75, 3.05) is 19.8 Å². The van der Waals surface area contributed by atoms with E-state index in [1.54, 1.807) is 12.1 Å². The first-order valence-electron chi connectivity index (χ1n) is 9.46. The minimum Gasteiger partial charge on any atom is -0.486 e. The van der Waals surface area contributed by atoms with E-state index in [0.717, 1.165) is 12.1 Å². The maximum Gasteiger partial charge on any atom is 0.244 e. The fraction of sp³-hybridized carbons (Fsp3) is 0.238. The van der Waals surface area contributed by atoms with Crippen LogP contribution in [-0.4, -0.2) is 37.0 Å². The third-order valence-corrected chi connectivity index (χ3v) is 7.23. The number of fused-ring (bicyclic) bond motifs is 2. The smallest absolute Gasteiger partial charge is 0.244 e. The second kappa shape index (κ2) is 7.10. The van der Waals surface area contributed by atoms with Gasteiger partial charge in [0.15, 0.2) is 23.1 Å². The highest BCUT2D eigenvalue weighted by Crippen LogP contribution is 2.39. The van der Waals surface area contributed by atoms with Gasteiger partial charge < -0.3 is 14.0 Å². The van der Waals surface area contributed by atoms with Crippen LogP contribution in [0.5, 0.6) is 11.5 Å². The molecule has 0 spiro atoms. The number of sulfonamides is 1. The largest absolute Gasteiger partial charge is 0.486 e. The van der Waals surface area contributed by atoms with Crippen LogP contribution in [0.3, 0.4) is 0 Å². The van der Waals surface area contributed by atoms with Crippen LogP contribution < -0.4 is 9.47 Å². The molecule has 0 saturated carbocycles. The Balaban J connectivity index is 1.61. The second-order valence-electron chi connectivity index (χ2n) is 7.12. The predicted molar refractivity (Wildman–Crippen MR) is 104 cm³/mol. The molecule has 156 valence electrons. The number of nitrogens with zero attached hydrogens (tertiary/aromatic N) is 2. The van der Waals surface area contributed by atoms with Gasteiger partial charge in [-0.1, -0.05) is 6.07 Å². The van der Waals surface area contributed by atoms with Crippen molar-refractivity contribution < 1.29 is 26.7 Å². The Bertz CT molecular complexity index is 1230. The van der Waals surface area contributed by atoms with Crippen molar-refractivity contribution in [3.63, 3.8) is 0 Å². The van der Waals surface area contributed by atoms with Crippen molar-refractivity contribution in [1.29, 1.82) is 0 Å². The Hall–Kier alpha value is -2.91. The molecule has 5 rings (SSSR count). The third kappa shape index (κ3) is 3.05. The first-order valence-corrected chi connectivity index (χ1v) is 10.9. The molecule has 0 fully saturated rings. The molecule has 3 heterocycles. The van der Waals surface area contributed by atoms with Crippen LogP contribution in [0, 0.1) is 11.6 Å². The molecule has 0 radical (unpaired) electrons. The first-order chi connectivity index (χ1) is 14.4. The van der Waals surface area contributed by atoms with Crippen LogP contribution in [0.25, 0.3) is 0 Å². The molecule has 0 amide bonds. The molecule has 2 aliphatic rings. The molecule has 30 heavy (non-hydrogen) atoms. The Morgan fingerprint density at radius 3 is 2.50 bits per heavy atom. The van der Waals surface area contributed by atoms with Crippen molar-refractivity contribution in [1.82, 2.24) is 8.87 Å². The number of rotatable bonds is 3. The van der Waals surface area contributed by atoms with E-state index in [0.29, 0.717) is 42.5 Å². The molecule has 1 aromatic heterocycles. The summed E-state index contributed by atoms with van der Waals surface area (Å²) in [6.07, 6.45) is 1.84. The zero-order valence-electron chi connectivity index (χ0n) is 15.8. The zero-order chi connectivity index (χ0) is 20.9. The van der Waals surface area contributed by atoms with E-state index in [2.05, 4.69) is 0 Å². The summed E-state index contributed by atoms with van der Waals surface area (Å²) in [6, 6.07) is 10.8. The molecule has 2 aromatic carbocycles. The lowest BCUT2D eigenvalue weighted by Crippen LogP contribution is -2.42. The normalized spacial score (nSPS) is 18.8. The van der Waals surface area contributed by atoms with Crippen LogP contribution in [0.1, 0.15) is 17.3 Å². The van der Waals surface area contributed by atoms with Crippen molar-refractivity contribution in [3.05, 3.63) is 77.6 Å². The van der Waals surface area contributed by atoms with Gasteiger partial charge in [-0.2, -0.15) is 4.31 Å². The topological polar surface area (TPSA) is 60.8 Å². The van der Waals surface area contributed by atoms with E-state index in [-0.39, 0.29) is 11.4 Å². The second-order valence-corrected chi connectivity index (χ2v) is 9.01. The summed E-state index contributed by atoms with van der Waals surface area (Å²) in [7, 11) is -3.97. The van der Waals surface area contributed by atoms with E-state index in [1.807, 2.05) is 16.8 Å². The molecule has 0 bridgehead atoms. The summed E-state index contributed by atoms with van der Waals surface area (Å²) in [5, 5.41) is 0. The molecular formula is C21H18F2N2O4S. The maximum absolute atomic E-state index is 14.0. The minimum absolute atomic E-state index is 0.0549. The molecule has 6 nitrogen and oxygen atoms in total. The molecule has 9 heteroatoms. The number of benzene rings is 2. The van der Waals surface area contributed by atoms with Crippen LogP contribution in [0.4, 0.5) is 8.78 Å². The average molecular weight is 432 g/mol. The van der Waals surface area contributed by atoms with Crippen LogP contribution >= 0.6 is 0 Å². The maximum atomic E-state index is 14.0. The van der Waals surface area contributed by atoms with Gasteiger partial charge in [0.05, 0.1) is 10.9 Å². The monoisotopic (exact) mass is 432 g/mol.